The van der Waals surface area contributed by atoms with Crippen LogP contribution >= 0.6 is 0 Å². The molecule has 0 atom stereocenters. The van der Waals surface area contributed by atoms with Gasteiger partial charge in [-0.05, 0) is 63.8 Å². The summed E-state index contributed by atoms with van der Waals surface area (Å²) in [7, 11) is 0. The number of carbonyl (C=O) groups excluding carboxylic acids is 4. The molecule has 0 unspecified atom stereocenters. The molecule has 2 N–H and O–H groups in total. The van der Waals surface area contributed by atoms with Gasteiger partial charge in [-0.2, -0.15) is 0 Å². The van der Waals surface area contributed by atoms with Crippen LogP contribution in [0.25, 0.3) is 22.9 Å². The minimum absolute atomic E-state index is 0.134. The van der Waals surface area contributed by atoms with Gasteiger partial charge in [-0.1, -0.05) is 26.7 Å². The van der Waals surface area contributed by atoms with E-state index in [1.165, 1.54) is 0 Å². The van der Waals surface area contributed by atoms with Crippen molar-refractivity contribution in [1.29, 1.82) is 0 Å². The van der Waals surface area contributed by atoms with Crippen LogP contribution in [0.2, 0.25) is 0 Å². The van der Waals surface area contributed by atoms with Gasteiger partial charge in [0.2, 0.25) is 0 Å². The SMILES string of the molecule is CCCc1c(C(=O)OCC)[nH]c(-c2ccc(-c3[nH]c(C(=O)OCC)c(CCC)c3C(=O)OCC)o2)c1C(=O)OCC. The number of aromatic nitrogens is 2. The second-order valence-corrected chi connectivity index (χ2v) is 9.00. The van der Waals surface area contributed by atoms with Crippen molar-refractivity contribution in [3.05, 3.63) is 45.8 Å². The molecule has 3 aromatic heterocycles. The first-order chi connectivity index (χ1) is 19.8. The smallest absolute Gasteiger partial charge is 0.355 e. The normalized spacial score (nSPS) is 10.9. The topological polar surface area (TPSA) is 150 Å². The Bertz CT molecular complexity index is 1290. The van der Waals surface area contributed by atoms with Crippen molar-refractivity contribution in [3.63, 3.8) is 0 Å². The molecule has 11 heteroatoms. The maximum absolute atomic E-state index is 13.1. The highest BCUT2D eigenvalue weighted by molar-refractivity contribution is 6.04. The zero-order valence-electron chi connectivity index (χ0n) is 24.5. The number of ether oxygens (including phenoxy) is 4. The second kappa shape index (κ2) is 14.4. The molecule has 0 aromatic carbocycles. The van der Waals surface area contributed by atoms with Gasteiger partial charge in [-0.15, -0.1) is 0 Å². The highest BCUT2D eigenvalue weighted by Crippen LogP contribution is 2.37. The summed E-state index contributed by atoms with van der Waals surface area (Å²) in [5.41, 5.74) is 2.06. The fourth-order valence-electron chi connectivity index (χ4n) is 4.67. The van der Waals surface area contributed by atoms with E-state index in [0.717, 1.165) is 0 Å². The van der Waals surface area contributed by atoms with E-state index in [1.807, 2.05) is 13.8 Å². The molecule has 0 aliphatic heterocycles. The summed E-state index contributed by atoms with van der Waals surface area (Å²) in [5, 5.41) is 0. The van der Waals surface area contributed by atoms with Gasteiger partial charge in [0.25, 0.3) is 0 Å². The van der Waals surface area contributed by atoms with Crippen LogP contribution in [0.5, 0.6) is 0 Å². The summed E-state index contributed by atoms with van der Waals surface area (Å²) in [6.45, 7) is 11.2. The Balaban J connectivity index is 2.25. The van der Waals surface area contributed by atoms with Crippen molar-refractivity contribution >= 4 is 23.9 Å². The minimum Gasteiger partial charge on any atom is -0.462 e. The fourth-order valence-corrected chi connectivity index (χ4v) is 4.67. The molecule has 0 aliphatic rings. The maximum Gasteiger partial charge on any atom is 0.355 e. The number of carbonyl (C=O) groups is 4. The number of furan rings is 1. The number of rotatable bonds is 14. The lowest BCUT2D eigenvalue weighted by Gasteiger charge is -2.07. The molecule has 3 rings (SSSR count). The molecule has 11 nitrogen and oxygen atoms in total. The second-order valence-electron chi connectivity index (χ2n) is 9.00. The summed E-state index contributed by atoms with van der Waals surface area (Å²) >= 11 is 0. The minimum atomic E-state index is -0.613. The predicted octanol–water partition coefficient (Wildman–Crippen LogP) is 5.88. The van der Waals surface area contributed by atoms with Gasteiger partial charge >= 0.3 is 23.9 Å². The maximum atomic E-state index is 13.1. The Morgan fingerprint density at radius 1 is 0.585 bits per heavy atom. The summed E-state index contributed by atoms with van der Waals surface area (Å²) in [6, 6.07) is 3.21. The molecule has 0 amide bonds. The van der Waals surface area contributed by atoms with E-state index in [0.29, 0.717) is 36.8 Å². The fraction of sp³-hybridized carbons (Fsp3) is 0.467. The molecule has 0 aliphatic carbocycles. The first-order valence-electron chi connectivity index (χ1n) is 14.1. The Hall–Kier alpha value is -4.28. The first-order valence-corrected chi connectivity index (χ1v) is 14.1. The first kappa shape index (κ1) is 31.3. The van der Waals surface area contributed by atoms with Gasteiger partial charge in [-0.25, -0.2) is 19.2 Å². The largest absolute Gasteiger partial charge is 0.462 e. The van der Waals surface area contributed by atoms with Crippen molar-refractivity contribution in [2.75, 3.05) is 26.4 Å². The van der Waals surface area contributed by atoms with Gasteiger partial charge in [0.05, 0.1) is 48.9 Å². The Kier molecular flexibility index (Phi) is 11.0. The molecule has 0 fully saturated rings. The van der Waals surface area contributed by atoms with E-state index in [9.17, 15) is 19.2 Å². The Morgan fingerprint density at radius 2 is 0.927 bits per heavy atom. The van der Waals surface area contributed by atoms with Crippen molar-refractivity contribution in [2.45, 2.75) is 67.2 Å². The lowest BCUT2D eigenvalue weighted by atomic mass is 10.0. The number of hydrogen-bond acceptors (Lipinski definition) is 9. The van der Waals surface area contributed by atoms with Gasteiger partial charge in [0.15, 0.2) is 11.5 Å². The molecule has 0 radical (unpaired) electrons. The van der Waals surface area contributed by atoms with Crippen LogP contribution in [-0.4, -0.2) is 60.3 Å². The van der Waals surface area contributed by atoms with Crippen LogP contribution < -0.4 is 0 Å². The average molecular weight is 571 g/mol. The third-order valence-electron chi connectivity index (χ3n) is 6.22. The molecule has 0 saturated heterocycles. The lowest BCUT2D eigenvalue weighted by molar-refractivity contribution is 0.0504. The van der Waals surface area contributed by atoms with E-state index in [1.54, 1.807) is 39.8 Å². The Labute approximate surface area is 238 Å². The molecule has 0 bridgehead atoms. The zero-order chi connectivity index (χ0) is 30.1. The van der Waals surface area contributed by atoms with Crippen molar-refractivity contribution < 1.29 is 42.5 Å². The van der Waals surface area contributed by atoms with E-state index in [-0.39, 0.29) is 71.9 Å². The molecule has 41 heavy (non-hydrogen) atoms. The van der Waals surface area contributed by atoms with Gasteiger partial charge < -0.3 is 33.3 Å². The standard InChI is InChI=1S/C30H38N2O9/c1-7-13-17-21(27(33)37-9-3)25(31-23(17)29(35)39-11-5)19-15-16-20(41-19)26-22(28(34)38-10-4)18(14-8-2)24(32-26)30(36)40-12-6/h15-16,31-32H,7-14H2,1-6H3. The van der Waals surface area contributed by atoms with Gasteiger partial charge in [-0.3, -0.25) is 0 Å². The third-order valence-corrected chi connectivity index (χ3v) is 6.22. The summed E-state index contributed by atoms with van der Waals surface area (Å²) in [5.74, 6) is -1.99. The van der Waals surface area contributed by atoms with E-state index in [2.05, 4.69) is 9.97 Å². The molecular weight excluding hydrogens is 532 g/mol. The number of nitrogens with one attached hydrogen (secondary N) is 2. The van der Waals surface area contributed by atoms with E-state index in [4.69, 9.17) is 23.4 Å². The average Bonchev–Trinajstić information content (AvgIpc) is 3.65. The van der Waals surface area contributed by atoms with Crippen LogP contribution in [0.4, 0.5) is 0 Å². The van der Waals surface area contributed by atoms with Crippen LogP contribution in [0.15, 0.2) is 16.5 Å². The number of H-pyrrole nitrogens is 2. The molecule has 222 valence electrons. The van der Waals surface area contributed by atoms with Crippen LogP contribution in [0.3, 0.4) is 0 Å². The summed E-state index contributed by atoms with van der Waals surface area (Å²) in [4.78, 5) is 57.9. The summed E-state index contributed by atoms with van der Waals surface area (Å²) in [6.07, 6.45) is 2.14. The molecular formula is C30H38N2O9. The predicted molar refractivity (Wildman–Crippen MR) is 150 cm³/mol. The number of esters is 4. The third kappa shape index (κ3) is 6.55. The molecule has 0 spiro atoms. The van der Waals surface area contributed by atoms with Crippen LogP contribution in [0, 0.1) is 0 Å². The number of aromatic amines is 2. The Morgan fingerprint density at radius 3 is 1.24 bits per heavy atom. The highest BCUT2D eigenvalue weighted by Gasteiger charge is 2.32. The van der Waals surface area contributed by atoms with Crippen molar-refractivity contribution in [1.82, 2.24) is 9.97 Å². The van der Waals surface area contributed by atoms with Crippen LogP contribution in [-0.2, 0) is 31.8 Å². The summed E-state index contributed by atoms with van der Waals surface area (Å²) < 4.78 is 27.3. The zero-order valence-corrected chi connectivity index (χ0v) is 24.5. The van der Waals surface area contributed by atoms with Gasteiger partial charge in [0.1, 0.15) is 11.4 Å². The molecule has 3 heterocycles. The van der Waals surface area contributed by atoms with Gasteiger partial charge in [0, 0.05) is 0 Å². The monoisotopic (exact) mass is 570 g/mol. The van der Waals surface area contributed by atoms with Crippen LogP contribution in [0.1, 0.15) is 107 Å². The van der Waals surface area contributed by atoms with E-state index >= 15 is 0 Å². The molecule has 3 aromatic rings. The molecule has 0 saturated carbocycles. The highest BCUT2D eigenvalue weighted by atomic mass is 16.5. The van der Waals surface area contributed by atoms with Crippen molar-refractivity contribution in [2.24, 2.45) is 0 Å². The lowest BCUT2D eigenvalue weighted by Crippen LogP contribution is -2.11. The van der Waals surface area contributed by atoms with E-state index < -0.39 is 23.9 Å². The quantitative estimate of drug-likeness (QED) is 0.179. The van der Waals surface area contributed by atoms with Crippen molar-refractivity contribution in [3.8, 4) is 22.9 Å². The number of hydrogen-bond donors (Lipinski definition) is 2.